The van der Waals surface area contributed by atoms with Gasteiger partial charge in [0.2, 0.25) is 17.6 Å². The van der Waals surface area contributed by atoms with E-state index in [1.807, 2.05) is 60.7 Å². The van der Waals surface area contributed by atoms with Crippen molar-refractivity contribution in [1.82, 2.24) is 15.0 Å². The molecule has 4 aromatic rings. The summed E-state index contributed by atoms with van der Waals surface area (Å²) in [7, 11) is 3.19. The fourth-order valence-electron chi connectivity index (χ4n) is 4.53. The van der Waals surface area contributed by atoms with E-state index in [-0.39, 0.29) is 11.8 Å². The van der Waals surface area contributed by atoms with Gasteiger partial charge in [0.15, 0.2) is 11.5 Å². The number of hydrogen-bond donors (Lipinski definition) is 1. The van der Waals surface area contributed by atoms with Gasteiger partial charge in [-0.1, -0.05) is 47.3 Å². The van der Waals surface area contributed by atoms with Crippen molar-refractivity contribution < 1.29 is 18.8 Å². The molecule has 1 N–H and O–H groups in total. The number of aromatic nitrogens is 2. The molecule has 38 heavy (non-hydrogen) atoms. The number of ether oxygens (including phenoxy) is 2. The lowest BCUT2D eigenvalue weighted by molar-refractivity contribution is -0.121. The molecule has 0 radical (unpaired) electrons. The number of hydrogen-bond acceptors (Lipinski definition) is 8. The van der Waals surface area contributed by atoms with Crippen LogP contribution in [0.25, 0.3) is 11.4 Å². The van der Waals surface area contributed by atoms with Crippen LogP contribution < -0.4 is 14.8 Å². The molecule has 1 unspecified atom stereocenters. The van der Waals surface area contributed by atoms with Gasteiger partial charge < -0.3 is 19.3 Å². The minimum absolute atomic E-state index is 0.0346. The highest BCUT2D eigenvalue weighted by atomic mass is 32.2. The lowest BCUT2D eigenvalue weighted by Gasteiger charge is -2.31. The molecule has 0 aliphatic carbocycles. The third-order valence-corrected chi connectivity index (χ3v) is 7.54. The zero-order chi connectivity index (χ0) is 26.3. The van der Waals surface area contributed by atoms with Gasteiger partial charge in [-0.2, -0.15) is 4.98 Å². The van der Waals surface area contributed by atoms with Crippen LogP contribution in [0.5, 0.6) is 11.5 Å². The van der Waals surface area contributed by atoms with E-state index in [1.54, 1.807) is 26.0 Å². The molecule has 3 aromatic carbocycles. The van der Waals surface area contributed by atoms with Gasteiger partial charge in [0.1, 0.15) is 0 Å². The molecular formula is C29H30N4O4S. The molecule has 1 fully saturated rings. The van der Waals surface area contributed by atoms with Gasteiger partial charge in [-0.3, -0.25) is 9.69 Å². The number of piperidine rings is 1. The summed E-state index contributed by atoms with van der Waals surface area (Å²) in [4.78, 5) is 22.2. The Hall–Kier alpha value is -3.82. The molecule has 9 heteroatoms. The zero-order valence-electron chi connectivity index (χ0n) is 21.4. The Morgan fingerprint density at radius 3 is 2.66 bits per heavy atom. The number of likely N-dealkylation sites (tertiary alicyclic amines) is 1. The first-order valence-electron chi connectivity index (χ1n) is 12.5. The Labute approximate surface area is 226 Å². The number of para-hydroxylation sites is 1. The van der Waals surface area contributed by atoms with Crippen LogP contribution in [-0.2, 0) is 11.3 Å². The standard InChI is InChI=1S/C29H30N4O4S/c1-35-24-15-14-20(17-25(24)36-2)28-31-27(37-32-28)19-33-16-8-9-21(18-33)29(34)30-23-12-6-7-13-26(23)38-22-10-4-3-5-11-22/h3-7,10-15,17,21H,8-9,16,18-19H2,1-2H3,(H,30,34). The number of carbonyl (C=O) groups is 1. The number of methoxy groups -OCH3 is 2. The van der Waals surface area contributed by atoms with Crippen LogP contribution in [0.2, 0.25) is 0 Å². The van der Waals surface area contributed by atoms with Gasteiger partial charge in [-0.15, -0.1) is 0 Å². The lowest BCUT2D eigenvalue weighted by atomic mass is 9.97. The molecule has 1 saturated heterocycles. The first-order valence-corrected chi connectivity index (χ1v) is 13.3. The average molecular weight is 531 g/mol. The van der Waals surface area contributed by atoms with Gasteiger partial charge in [0.25, 0.3) is 0 Å². The monoisotopic (exact) mass is 530 g/mol. The van der Waals surface area contributed by atoms with Crippen LogP contribution >= 0.6 is 11.8 Å². The van der Waals surface area contributed by atoms with Gasteiger partial charge >= 0.3 is 0 Å². The van der Waals surface area contributed by atoms with Crippen molar-refractivity contribution in [2.75, 3.05) is 32.6 Å². The summed E-state index contributed by atoms with van der Waals surface area (Å²) in [5.74, 6) is 2.16. The fourth-order valence-corrected chi connectivity index (χ4v) is 5.45. The summed E-state index contributed by atoms with van der Waals surface area (Å²) in [5.41, 5.74) is 1.61. The quantitative estimate of drug-likeness (QED) is 0.292. The molecule has 1 aliphatic rings. The molecule has 0 saturated carbocycles. The highest BCUT2D eigenvalue weighted by Gasteiger charge is 2.27. The van der Waals surface area contributed by atoms with Crippen LogP contribution in [0.15, 0.2) is 87.1 Å². The number of nitrogens with one attached hydrogen (secondary N) is 1. The number of nitrogens with zero attached hydrogens (tertiary/aromatic N) is 3. The van der Waals surface area contributed by atoms with Crippen LogP contribution in [0.3, 0.4) is 0 Å². The summed E-state index contributed by atoms with van der Waals surface area (Å²) in [6.45, 7) is 2.00. The van der Waals surface area contributed by atoms with E-state index in [1.165, 1.54) is 0 Å². The maximum atomic E-state index is 13.3. The first-order chi connectivity index (χ1) is 18.6. The second-order valence-electron chi connectivity index (χ2n) is 9.06. The summed E-state index contributed by atoms with van der Waals surface area (Å²) in [6.07, 6.45) is 1.77. The maximum absolute atomic E-state index is 13.3. The molecule has 196 valence electrons. The van der Waals surface area contributed by atoms with Crippen LogP contribution in [-0.4, -0.2) is 48.3 Å². The minimum Gasteiger partial charge on any atom is -0.493 e. The molecule has 0 spiro atoms. The van der Waals surface area contributed by atoms with Gasteiger partial charge in [0, 0.05) is 21.9 Å². The highest BCUT2D eigenvalue weighted by Crippen LogP contribution is 2.34. The van der Waals surface area contributed by atoms with Crippen molar-refractivity contribution in [3.05, 3.63) is 78.7 Å². The Morgan fingerprint density at radius 1 is 1.05 bits per heavy atom. The SMILES string of the molecule is COc1ccc(-c2noc(CN3CCCC(C(=O)Nc4ccccc4Sc4ccccc4)C3)n2)cc1OC. The van der Waals surface area contributed by atoms with Gasteiger partial charge in [-0.25, -0.2) is 0 Å². The molecule has 5 rings (SSSR count). The molecule has 1 amide bonds. The van der Waals surface area contributed by atoms with Crippen LogP contribution in [0, 0.1) is 5.92 Å². The second kappa shape index (κ2) is 12.1. The summed E-state index contributed by atoms with van der Waals surface area (Å²) in [5, 5.41) is 7.32. The molecule has 0 bridgehead atoms. The third kappa shape index (κ3) is 6.17. The van der Waals surface area contributed by atoms with E-state index in [4.69, 9.17) is 14.0 Å². The number of rotatable bonds is 9. The van der Waals surface area contributed by atoms with Crippen molar-refractivity contribution in [2.45, 2.75) is 29.2 Å². The number of carbonyl (C=O) groups excluding carboxylic acids is 1. The predicted molar refractivity (Wildman–Crippen MR) is 146 cm³/mol. The van der Waals surface area contributed by atoms with Crippen LogP contribution in [0.4, 0.5) is 5.69 Å². The normalized spacial score (nSPS) is 15.7. The highest BCUT2D eigenvalue weighted by molar-refractivity contribution is 7.99. The van der Waals surface area contributed by atoms with E-state index in [0.29, 0.717) is 36.3 Å². The van der Waals surface area contributed by atoms with Gasteiger partial charge in [0.05, 0.1) is 32.4 Å². The number of benzene rings is 3. The number of anilines is 1. The third-order valence-electron chi connectivity index (χ3n) is 6.46. The fraction of sp³-hybridized carbons (Fsp3) is 0.276. The summed E-state index contributed by atoms with van der Waals surface area (Å²) in [6, 6.07) is 23.6. The average Bonchev–Trinajstić information content (AvgIpc) is 3.42. The Bertz CT molecular complexity index is 1380. The Balaban J connectivity index is 1.21. The largest absolute Gasteiger partial charge is 0.493 e. The smallest absolute Gasteiger partial charge is 0.241 e. The minimum atomic E-state index is -0.119. The van der Waals surface area contributed by atoms with Crippen molar-refractivity contribution in [1.29, 1.82) is 0 Å². The molecule has 2 heterocycles. The topological polar surface area (TPSA) is 89.7 Å². The van der Waals surface area contributed by atoms with E-state index in [0.717, 1.165) is 40.4 Å². The first kappa shape index (κ1) is 25.8. The molecule has 1 atom stereocenters. The van der Waals surface area contributed by atoms with Crippen molar-refractivity contribution >= 4 is 23.4 Å². The molecule has 1 aromatic heterocycles. The van der Waals surface area contributed by atoms with Gasteiger partial charge in [-0.05, 0) is 61.9 Å². The Morgan fingerprint density at radius 2 is 1.84 bits per heavy atom. The molecule has 1 aliphatic heterocycles. The van der Waals surface area contributed by atoms with Crippen LogP contribution in [0.1, 0.15) is 18.7 Å². The van der Waals surface area contributed by atoms with Crippen molar-refractivity contribution in [3.8, 4) is 22.9 Å². The Kier molecular flexibility index (Phi) is 8.25. The predicted octanol–water partition coefficient (Wildman–Crippen LogP) is 5.76. The van der Waals surface area contributed by atoms with E-state index < -0.39 is 0 Å². The van der Waals surface area contributed by atoms with E-state index >= 15 is 0 Å². The van der Waals surface area contributed by atoms with Crippen molar-refractivity contribution in [2.24, 2.45) is 5.92 Å². The van der Waals surface area contributed by atoms with Crippen molar-refractivity contribution in [3.63, 3.8) is 0 Å². The summed E-state index contributed by atoms with van der Waals surface area (Å²) >= 11 is 1.64. The van der Waals surface area contributed by atoms with E-state index in [2.05, 4.69) is 32.5 Å². The molecular weight excluding hydrogens is 500 g/mol. The second-order valence-corrected chi connectivity index (χ2v) is 10.2. The molecule has 8 nitrogen and oxygen atoms in total. The maximum Gasteiger partial charge on any atom is 0.241 e. The van der Waals surface area contributed by atoms with E-state index in [9.17, 15) is 4.79 Å². The zero-order valence-corrected chi connectivity index (χ0v) is 22.2. The lowest BCUT2D eigenvalue weighted by Crippen LogP contribution is -2.40. The summed E-state index contributed by atoms with van der Waals surface area (Å²) < 4.78 is 16.2. The number of amides is 1.